The minimum absolute atomic E-state index is 0. The van der Waals surface area contributed by atoms with E-state index in [9.17, 15) is 22.6 Å². The zero-order valence-electron chi connectivity index (χ0n) is 17.5. The van der Waals surface area contributed by atoms with E-state index in [-0.39, 0.29) is 42.4 Å². The average molecular weight is 450 g/mol. The number of nitrogens with one attached hydrogen (secondary N) is 4. The summed E-state index contributed by atoms with van der Waals surface area (Å²) in [7, 11) is -4.68. The average Bonchev–Trinajstić information content (AvgIpc) is 2.70. The van der Waals surface area contributed by atoms with E-state index in [0.717, 1.165) is 6.07 Å². The van der Waals surface area contributed by atoms with Crippen molar-refractivity contribution in [3.63, 3.8) is 0 Å². The van der Waals surface area contributed by atoms with Crippen LogP contribution in [0.5, 0.6) is 0 Å². The van der Waals surface area contributed by atoms with Crippen LogP contribution >= 0.6 is 0 Å². The summed E-state index contributed by atoms with van der Waals surface area (Å²) in [6.07, 6.45) is 0. The molecule has 3 aromatic rings. The third-order valence-electron chi connectivity index (χ3n) is 3.83. The number of amides is 4. The van der Waals surface area contributed by atoms with Crippen molar-refractivity contribution in [2.75, 3.05) is 21.3 Å². The SMILES string of the molecule is O=C(Nc1ccccc1)Nc1ccc(NC(=O)Nc2ccccc2)c(S(=O)(=O)O)c1.[H-].[Na+]. The van der Waals surface area contributed by atoms with E-state index in [1.54, 1.807) is 60.7 Å². The molecule has 0 aliphatic carbocycles. The van der Waals surface area contributed by atoms with Crippen LogP contribution in [0, 0.1) is 0 Å². The van der Waals surface area contributed by atoms with Gasteiger partial charge in [-0.2, -0.15) is 8.42 Å². The van der Waals surface area contributed by atoms with Crippen LogP contribution in [0.4, 0.5) is 32.3 Å². The number of anilines is 4. The van der Waals surface area contributed by atoms with Gasteiger partial charge >= 0.3 is 41.6 Å². The summed E-state index contributed by atoms with van der Waals surface area (Å²) in [5.74, 6) is 0. The molecule has 0 radical (unpaired) electrons. The van der Waals surface area contributed by atoms with Crippen molar-refractivity contribution in [2.45, 2.75) is 4.90 Å². The van der Waals surface area contributed by atoms with E-state index < -0.39 is 27.1 Å². The first-order valence-corrected chi connectivity index (χ1v) is 10.1. The molecule has 0 aromatic heterocycles. The largest absolute Gasteiger partial charge is 1.00 e. The summed E-state index contributed by atoms with van der Waals surface area (Å²) in [6.45, 7) is 0. The molecule has 3 rings (SSSR count). The van der Waals surface area contributed by atoms with Crippen LogP contribution in [-0.2, 0) is 10.1 Å². The second-order valence-corrected chi connectivity index (χ2v) is 7.47. The maximum atomic E-state index is 12.1. The Bertz CT molecular complexity index is 1170. The van der Waals surface area contributed by atoms with E-state index in [0.29, 0.717) is 11.4 Å². The van der Waals surface area contributed by atoms with Gasteiger partial charge in [0.25, 0.3) is 10.1 Å². The summed E-state index contributed by atoms with van der Waals surface area (Å²) in [5, 5.41) is 9.96. The number of benzene rings is 3. The second-order valence-electron chi connectivity index (χ2n) is 6.08. The van der Waals surface area contributed by atoms with Crippen LogP contribution in [0.25, 0.3) is 0 Å². The molecule has 9 nitrogen and oxygen atoms in total. The topological polar surface area (TPSA) is 137 Å². The summed E-state index contributed by atoms with van der Waals surface area (Å²) in [6, 6.07) is 19.5. The van der Waals surface area contributed by atoms with Gasteiger partial charge in [0.1, 0.15) is 4.90 Å². The van der Waals surface area contributed by atoms with Crippen LogP contribution in [0.1, 0.15) is 1.43 Å². The maximum absolute atomic E-state index is 12.1. The number of hydrogen-bond donors (Lipinski definition) is 5. The van der Waals surface area contributed by atoms with Crippen molar-refractivity contribution in [2.24, 2.45) is 0 Å². The summed E-state index contributed by atoms with van der Waals surface area (Å²) >= 11 is 0. The quantitative estimate of drug-likeness (QED) is 0.295. The molecule has 0 spiro atoms. The molecule has 0 heterocycles. The number of hydrogen-bond acceptors (Lipinski definition) is 4. The molecular formula is C20H19N4NaO5S. The summed E-state index contributed by atoms with van der Waals surface area (Å²) in [4.78, 5) is 23.7. The molecule has 0 fully saturated rings. The fourth-order valence-corrected chi connectivity index (χ4v) is 3.21. The Labute approximate surface area is 202 Å². The third-order valence-corrected chi connectivity index (χ3v) is 4.72. The second kappa shape index (κ2) is 10.9. The van der Waals surface area contributed by atoms with E-state index in [4.69, 9.17) is 0 Å². The van der Waals surface area contributed by atoms with Crippen molar-refractivity contribution in [3.05, 3.63) is 78.9 Å². The van der Waals surface area contributed by atoms with E-state index in [2.05, 4.69) is 21.3 Å². The molecule has 156 valence electrons. The van der Waals surface area contributed by atoms with Crippen LogP contribution in [-0.4, -0.2) is 25.0 Å². The molecule has 11 heteroatoms. The normalized spacial score (nSPS) is 10.4. The molecule has 0 saturated carbocycles. The van der Waals surface area contributed by atoms with Gasteiger partial charge in [0.05, 0.1) is 5.69 Å². The van der Waals surface area contributed by atoms with Crippen molar-refractivity contribution < 1.29 is 53.5 Å². The first kappa shape index (κ1) is 24.4. The smallest absolute Gasteiger partial charge is 1.00 e. The molecule has 0 unspecified atom stereocenters. The van der Waals surface area contributed by atoms with Crippen molar-refractivity contribution >= 4 is 44.9 Å². The van der Waals surface area contributed by atoms with Crippen LogP contribution < -0.4 is 50.8 Å². The van der Waals surface area contributed by atoms with Gasteiger partial charge in [0.2, 0.25) is 0 Å². The predicted molar refractivity (Wildman–Crippen MR) is 116 cm³/mol. The van der Waals surface area contributed by atoms with Crippen LogP contribution in [0.15, 0.2) is 83.8 Å². The van der Waals surface area contributed by atoms with Crippen LogP contribution in [0.2, 0.25) is 0 Å². The molecule has 0 saturated heterocycles. The molecule has 0 atom stereocenters. The minimum Gasteiger partial charge on any atom is -1.00 e. The van der Waals surface area contributed by atoms with Gasteiger partial charge < -0.3 is 22.7 Å². The van der Waals surface area contributed by atoms with E-state index >= 15 is 0 Å². The number of carbonyl (C=O) groups excluding carboxylic acids is 2. The zero-order chi connectivity index (χ0) is 21.6. The molecule has 0 aliphatic rings. The summed E-state index contributed by atoms with van der Waals surface area (Å²) < 4.78 is 33.1. The van der Waals surface area contributed by atoms with Gasteiger partial charge in [-0.05, 0) is 42.5 Å². The first-order valence-electron chi connectivity index (χ1n) is 8.69. The summed E-state index contributed by atoms with van der Waals surface area (Å²) in [5.41, 5.74) is 0.991. The van der Waals surface area contributed by atoms with Crippen molar-refractivity contribution in [1.82, 2.24) is 0 Å². The van der Waals surface area contributed by atoms with E-state index in [1.165, 1.54) is 12.1 Å². The fourth-order valence-electron chi connectivity index (χ4n) is 2.54. The fraction of sp³-hybridized carbons (Fsp3) is 0. The molecule has 3 aromatic carbocycles. The van der Waals surface area contributed by atoms with Gasteiger partial charge in [-0.15, -0.1) is 0 Å². The minimum atomic E-state index is -4.68. The molecular weight excluding hydrogens is 431 g/mol. The van der Waals surface area contributed by atoms with Crippen molar-refractivity contribution in [3.8, 4) is 0 Å². The molecule has 5 N–H and O–H groups in total. The Kier molecular flexibility index (Phi) is 8.60. The Morgan fingerprint density at radius 1 is 0.677 bits per heavy atom. The number of para-hydroxylation sites is 2. The monoisotopic (exact) mass is 450 g/mol. The first-order chi connectivity index (χ1) is 14.3. The van der Waals surface area contributed by atoms with Gasteiger partial charge in [0.15, 0.2) is 0 Å². The predicted octanol–water partition coefficient (Wildman–Crippen LogP) is 1.34. The van der Waals surface area contributed by atoms with Crippen LogP contribution in [0.3, 0.4) is 0 Å². The Hall–Kier alpha value is -2.89. The molecule has 31 heavy (non-hydrogen) atoms. The third kappa shape index (κ3) is 7.39. The Morgan fingerprint density at radius 3 is 1.61 bits per heavy atom. The number of carbonyl (C=O) groups is 2. The van der Waals surface area contributed by atoms with Gasteiger partial charge in [-0.3, -0.25) is 4.55 Å². The Balaban J connectivity index is 0.00000256. The molecule has 4 amide bonds. The number of rotatable bonds is 5. The maximum Gasteiger partial charge on any atom is 1.00 e. The van der Waals surface area contributed by atoms with Gasteiger partial charge in [-0.25, -0.2) is 9.59 Å². The van der Waals surface area contributed by atoms with Crippen molar-refractivity contribution in [1.29, 1.82) is 0 Å². The zero-order valence-corrected chi connectivity index (χ0v) is 19.3. The molecule has 0 bridgehead atoms. The van der Waals surface area contributed by atoms with Gasteiger partial charge in [0, 0.05) is 17.1 Å². The standard InChI is InChI=1S/C20H18N4O5S.Na.H/c25-19(21-14-7-3-1-4-8-14)23-16-11-12-17(18(13-16)30(27,28)29)24-20(26)22-15-9-5-2-6-10-15;;/h1-13H,(H2,21,23,25)(H2,22,24,26)(H,27,28,29);;/q;+1;-1. The molecule has 0 aliphatic heterocycles. The van der Waals surface area contributed by atoms with E-state index in [1.807, 2.05) is 0 Å². The Morgan fingerprint density at radius 2 is 1.13 bits per heavy atom. The number of urea groups is 2. The van der Waals surface area contributed by atoms with Gasteiger partial charge in [-0.1, -0.05) is 36.4 Å².